The predicted molar refractivity (Wildman–Crippen MR) is 121 cm³/mol. The summed E-state index contributed by atoms with van der Waals surface area (Å²) in [5, 5.41) is 17.4. The van der Waals surface area contributed by atoms with E-state index in [1.54, 1.807) is 30.9 Å². The first-order valence-electron chi connectivity index (χ1n) is 8.90. The molecule has 0 aliphatic carbocycles. The quantitative estimate of drug-likeness (QED) is 0.188. The first-order chi connectivity index (χ1) is 15.0. The zero-order valence-electron chi connectivity index (χ0n) is 15.7. The van der Waals surface area contributed by atoms with E-state index in [1.165, 1.54) is 23.6 Å². The van der Waals surface area contributed by atoms with Crippen molar-refractivity contribution >= 4 is 52.0 Å². The second-order valence-electron chi connectivity index (χ2n) is 6.16. The van der Waals surface area contributed by atoms with Crippen LogP contribution in [-0.4, -0.2) is 42.9 Å². The Balaban J connectivity index is 1.47. The van der Waals surface area contributed by atoms with Crippen LogP contribution >= 0.6 is 34.5 Å². The van der Waals surface area contributed by atoms with Crippen LogP contribution in [0.4, 0.5) is 17.5 Å². The van der Waals surface area contributed by atoms with E-state index in [1.807, 2.05) is 0 Å². The molecule has 3 N–H and O–H groups in total. The van der Waals surface area contributed by atoms with Crippen LogP contribution in [0.2, 0.25) is 9.36 Å². The number of aromatic nitrogens is 5. The molecule has 0 aliphatic rings. The second-order valence-corrected chi connectivity index (χ2v) is 8.25. The third-order valence-electron chi connectivity index (χ3n) is 4.12. The van der Waals surface area contributed by atoms with Crippen LogP contribution in [0.25, 0.3) is 21.8 Å². The largest absolute Gasteiger partial charge is 0.368 e. The maximum Gasteiger partial charge on any atom is 0.287 e. The number of imidazole rings is 1. The van der Waals surface area contributed by atoms with Gasteiger partial charge in [0.05, 0.1) is 43.1 Å². The van der Waals surface area contributed by atoms with Crippen LogP contribution in [0.15, 0.2) is 43.1 Å². The summed E-state index contributed by atoms with van der Waals surface area (Å²) >= 11 is 13.8. The van der Waals surface area contributed by atoms with E-state index in [2.05, 4.69) is 35.6 Å². The van der Waals surface area contributed by atoms with Gasteiger partial charge in [-0.1, -0.05) is 23.2 Å². The molecule has 0 unspecified atom stereocenters. The summed E-state index contributed by atoms with van der Waals surface area (Å²) in [7, 11) is 0. The standard InChI is InChI=1S/C18H14Cl2N8O2S/c19-12-5-14(20)31-17(12)16-11(13-8-21-9-26-13)7-25-18(27-16)23-4-3-22-15-2-1-10(6-24-15)28(29)30/h1-2,5-9H,3-4H2,(H,21,26)(H,22,24)(H,23,25,27). The Labute approximate surface area is 189 Å². The molecular weight excluding hydrogens is 463 g/mol. The summed E-state index contributed by atoms with van der Waals surface area (Å²) in [6, 6.07) is 4.62. The van der Waals surface area contributed by atoms with E-state index in [-0.39, 0.29) is 5.69 Å². The molecule has 13 heteroatoms. The van der Waals surface area contributed by atoms with Crippen LogP contribution in [0.1, 0.15) is 0 Å². The smallest absolute Gasteiger partial charge is 0.287 e. The Bertz CT molecular complexity index is 1200. The number of H-pyrrole nitrogens is 1. The second kappa shape index (κ2) is 9.25. The number of nitrogens with one attached hydrogen (secondary N) is 3. The molecule has 4 aromatic rings. The number of pyridine rings is 1. The highest BCUT2D eigenvalue weighted by Gasteiger charge is 2.18. The number of nitrogens with zero attached hydrogens (tertiary/aromatic N) is 5. The van der Waals surface area contributed by atoms with Gasteiger partial charge in [-0.05, 0) is 12.1 Å². The molecule has 0 saturated heterocycles. The Morgan fingerprint density at radius 2 is 1.97 bits per heavy atom. The Hall–Kier alpha value is -3.28. The first kappa shape index (κ1) is 21.0. The highest BCUT2D eigenvalue weighted by molar-refractivity contribution is 7.20. The van der Waals surface area contributed by atoms with Crippen molar-refractivity contribution < 1.29 is 4.92 Å². The monoisotopic (exact) mass is 476 g/mol. The maximum absolute atomic E-state index is 10.7. The first-order valence-corrected chi connectivity index (χ1v) is 10.5. The van der Waals surface area contributed by atoms with Gasteiger partial charge in [0.25, 0.3) is 5.69 Å². The number of nitro groups is 1. The van der Waals surface area contributed by atoms with Gasteiger partial charge in [0.1, 0.15) is 12.0 Å². The van der Waals surface area contributed by atoms with Crippen LogP contribution < -0.4 is 10.6 Å². The topological polar surface area (TPSA) is 135 Å². The van der Waals surface area contributed by atoms with Gasteiger partial charge in [0.15, 0.2) is 0 Å². The Morgan fingerprint density at radius 3 is 2.61 bits per heavy atom. The molecule has 0 atom stereocenters. The molecule has 0 spiro atoms. The summed E-state index contributed by atoms with van der Waals surface area (Å²) in [5.74, 6) is 0.945. The van der Waals surface area contributed by atoms with E-state index in [0.717, 1.165) is 16.1 Å². The fraction of sp³-hybridized carbons (Fsp3) is 0.111. The lowest BCUT2D eigenvalue weighted by atomic mass is 10.1. The minimum atomic E-state index is -0.493. The molecule has 31 heavy (non-hydrogen) atoms. The molecular formula is C18H14Cl2N8O2S. The summed E-state index contributed by atoms with van der Waals surface area (Å²) in [5.41, 5.74) is 2.08. The summed E-state index contributed by atoms with van der Waals surface area (Å²) in [6.07, 6.45) is 6.15. The van der Waals surface area contributed by atoms with Gasteiger partial charge in [-0.15, -0.1) is 11.3 Å². The van der Waals surface area contributed by atoms with Gasteiger partial charge in [0, 0.05) is 30.9 Å². The molecule has 0 bridgehead atoms. The lowest BCUT2D eigenvalue weighted by Gasteiger charge is -2.10. The lowest BCUT2D eigenvalue weighted by Crippen LogP contribution is -2.16. The fourth-order valence-electron chi connectivity index (χ4n) is 2.71. The van der Waals surface area contributed by atoms with Crippen molar-refractivity contribution in [3.05, 3.63) is 62.6 Å². The Morgan fingerprint density at radius 1 is 1.13 bits per heavy atom. The van der Waals surface area contributed by atoms with Crippen molar-refractivity contribution in [1.29, 1.82) is 0 Å². The summed E-state index contributed by atoms with van der Waals surface area (Å²) in [6.45, 7) is 0.984. The van der Waals surface area contributed by atoms with Gasteiger partial charge in [-0.25, -0.2) is 19.9 Å². The van der Waals surface area contributed by atoms with Crippen molar-refractivity contribution in [3.63, 3.8) is 0 Å². The molecule has 0 aromatic carbocycles. The number of thiophene rings is 1. The molecule has 0 radical (unpaired) electrons. The normalized spacial score (nSPS) is 10.8. The average molecular weight is 477 g/mol. The van der Waals surface area contributed by atoms with Gasteiger partial charge < -0.3 is 15.6 Å². The molecule has 0 aliphatic heterocycles. The van der Waals surface area contributed by atoms with Crippen molar-refractivity contribution in [2.45, 2.75) is 0 Å². The van der Waals surface area contributed by atoms with Gasteiger partial charge in [0.2, 0.25) is 5.95 Å². The number of hydrogen-bond acceptors (Lipinski definition) is 9. The molecule has 0 saturated carbocycles. The van der Waals surface area contributed by atoms with Crippen molar-refractivity contribution in [3.8, 4) is 21.8 Å². The third-order valence-corrected chi connectivity index (χ3v) is 5.80. The van der Waals surface area contributed by atoms with E-state index in [9.17, 15) is 10.1 Å². The summed E-state index contributed by atoms with van der Waals surface area (Å²) in [4.78, 5) is 31.0. The van der Waals surface area contributed by atoms with Crippen LogP contribution in [0.3, 0.4) is 0 Å². The zero-order valence-corrected chi connectivity index (χ0v) is 18.0. The molecule has 158 valence electrons. The lowest BCUT2D eigenvalue weighted by molar-refractivity contribution is -0.385. The fourth-order valence-corrected chi connectivity index (χ4v) is 4.26. The molecule has 0 fully saturated rings. The van der Waals surface area contributed by atoms with Gasteiger partial charge in [-0.2, -0.15) is 0 Å². The minimum absolute atomic E-state index is 0.0608. The molecule has 0 amide bonds. The SMILES string of the molecule is O=[N+]([O-])c1ccc(NCCNc2ncc(-c3cnc[nH]3)c(-c3sc(Cl)cc3Cl)n2)nc1. The molecule has 4 aromatic heterocycles. The minimum Gasteiger partial charge on any atom is -0.368 e. The highest BCUT2D eigenvalue weighted by Crippen LogP contribution is 2.41. The molecule has 4 rings (SSSR count). The predicted octanol–water partition coefficient (Wildman–Crippen LogP) is 4.73. The van der Waals surface area contributed by atoms with E-state index in [0.29, 0.717) is 39.9 Å². The van der Waals surface area contributed by atoms with Crippen molar-refractivity contribution in [2.24, 2.45) is 0 Å². The van der Waals surface area contributed by atoms with Crippen molar-refractivity contribution in [1.82, 2.24) is 24.9 Å². The summed E-state index contributed by atoms with van der Waals surface area (Å²) < 4.78 is 0.559. The van der Waals surface area contributed by atoms with Crippen molar-refractivity contribution in [2.75, 3.05) is 23.7 Å². The highest BCUT2D eigenvalue weighted by atomic mass is 35.5. The van der Waals surface area contributed by atoms with E-state index in [4.69, 9.17) is 23.2 Å². The van der Waals surface area contributed by atoms with Gasteiger partial charge >= 0.3 is 0 Å². The van der Waals surface area contributed by atoms with Crippen LogP contribution in [0, 0.1) is 10.1 Å². The number of aromatic amines is 1. The molecule has 4 heterocycles. The van der Waals surface area contributed by atoms with Crippen LogP contribution in [-0.2, 0) is 0 Å². The zero-order chi connectivity index (χ0) is 21.8. The maximum atomic E-state index is 10.7. The average Bonchev–Trinajstić information content (AvgIpc) is 3.41. The van der Waals surface area contributed by atoms with E-state index < -0.39 is 4.92 Å². The third kappa shape index (κ3) is 4.90. The van der Waals surface area contributed by atoms with Gasteiger partial charge in [-0.3, -0.25) is 10.1 Å². The Kier molecular flexibility index (Phi) is 6.26. The number of rotatable bonds is 8. The number of hydrogen-bond donors (Lipinski definition) is 3. The molecule has 10 nitrogen and oxygen atoms in total. The van der Waals surface area contributed by atoms with E-state index >= 15 is 0 Å². The number of halogens is 2. The number of anilines is 2. The van der Waals surface area contributed by atoms with Crippen LogP contribution in [0.5, 0.6) is 0 Å².